The van der Waals surface area contributed by atoms with Gasteiger partial charge in [0.15, 0.2) is 5.54 Å². The zero-order valence-corrected chi connectivity index (χ0v) is 22.1. The maximum atomic E-state index is 14.8. The van der Waals surface area contributed by atoms with Crippen molar-refractivity contribution in [3.8, 4) is 0 Å². The van der Waals surface area contributed by atoms with Gasteiger partial charge in [0.05, 0.1) is 6.54 Å². The van der Waals surface area contributed by atoms with E-state index in [1.54, 1.807) is 35.3 Å². The van der Waals surface area contributed by atoms with Crippen molar-refractivity contribution in [1.29, 1.82) is 0 Å². The molecule has 0 aliphatic carbocycles. The topological polar surface area (TPSA) is 56.8 Å². The number of likely N-dealkylation sites (tertiary alicyclic amines) is 1. The van der Waals surface area contributed by atoms with E-state index in [1.165, 1.54) is 11.8 Å². The van der Waals surface area contributed by atoms with Crippen LogP contribution in [-0.2, 0) is 21.7 Å². The molecule has 182 valence electrons. The highest BCUT2D eigenvalue weighted by molar-refractivity contribution is 8.25. The fraction of sp³-hybridized carbons (Fsp3) is 0.259. The maximum absolute atomic E-state index is 14.8. The Kier molecular flexibility index (Phi) is 5.50. The Morgan fingerprint density at radius 1 is 1.06 bits per heavy atom. The van der Waals surface area contributed by atoms with Crippen LogP contribution in [0.5, 0.6) is 0 Å². The van der Waals surface area contributed by atoms with E-state index in [0.29, 0.717) is 22.4 Å². The molecule has 4 heterocycles. The van der Waals surface area contributed by atoms with Gasteiger partial charge in [-0.1, -0.05) is 65.9 Å². The monoisotopic (exact) mass is 534 g/mol. The van der Waals surface area contributed by atoms with Crippen molar-refractivity contribution in [3.63, 3.8) is 0 Å². The van der Waals surface area contributed by atoms with Crippen LogP contribution in [0.1, 0.15) is 22.6 Å². The number of benzene rings is 2. The van der Waals surface area contributed by atoms with Crippen molar-refractivity contribution in [2.24, 2.45) is 0 Å². The molecule has 6 rings (SSSR count). The first-order valence-electron chi connectivity index (χ1n) is 11.6. The second-order valence-electron chi connectivity index (χ2n) is 9.43. The number of halogens is 1. The predicted octanol–water partition coefficient (Wildman–Crippen LogP) is 4.44. The molecule has 2 spiro atoms. The van der Waals surface area contributed by atoms with E-state index in [2.05, 4.69) is 4.98 Å². The molecule has 2 aromatic carbocycles. The Morgan fingerprint density at radius 3 is 2.50 bits per heavy atom. The minimum Gasteiger partial charge on any atom is -0.313 e. The molecule has 3 aliphatic heterocycles. The number of nitrogens with zero attached hydrogens (tertiary/aromatic N) is 4. The van der Waals surface area contributed by atoms with Gasteiger partial charge >= 0.3 is 0 Å². The molecule has 2 saturated heterocycles. The summed E-state index contributed by atoms with van der Waals surface area (Å²) in [5, 5.41) is 0.520. The van der Waals surface area contributed by atoms with Crippen LogP contribution in [0.4, 0.5) is 5.69 Å². The lowest BCUT2D eigenvalue weighted by atomic mass is 9.72. The van der Waals surface area contributed by atoms with Crippen molar-refractivity contribution in [3.05, 3.63) is 94.8 Å². The molecule has 0 bridgehead atoms. The van der Waals surface area contributed by atoms with Crippen molar-refractivity contribution >= 4 is 57.4 Å². The van der Waals surface area contributed by atoms with Gasteiger partial charge in [0.2, 0.25) is 5.91 Å². The largest absolute Gasteiger partial charge is 0.313 e. The van der Waals surface area contributed by atoms with Crippen molar-refractivity contribution < 1.29 is 9.59 Å². The molecule has 2 amide bonds. The zero-order chi connectivity index (χ0) is 25.2. The average Bonchev–Trinajstić information content (AvgIpc) is 3.38. The van der Waals surface area contributed by atoms with E-state index in [1.807, 2.05) is 66.5 Å². The minimum absolute atomic E-state index is 0.149. The van der Waals surface area contributed by atoms with Gasteiger partial charge in [-0.15, -0.1) is 0 Å². The van der Waals surface area contributed by atoms with E-state index < -0.39 is 10.3 Å². The van der Waals surface area contributed by atoms with Crippen LogP contribution in [0, 0.1) is 0 Å². The van der Waals surface area contributed by atoms with E-state index in [9.17, 15) is 9.59 Å². The quantitative estimate of drug-likeness (QED) is 0.463. The molecule has 3 aliphatic rings. The summed E-state index contributed by atoms with van der Waals surface area (Å²) in [6, 6.07) is 19.1. The van der Waals surface area contributed by atoms with Gasteiger partial charge in [-0.3, -0.25) is 24.4 Å². The number of pyridine rings is 1. The van der Waals surface area contributed by atoms with Gasteiger partial charge in [-0.25, -0.2) is 0 Å². The third-order valence-electron chi connectivity index (χ3n) is 7.70. The fourth-order valence-corrected chi connectivity index (χ4v) is 8.47. The van der Waals surface area contributed by atoms with Crippen LogP contribution in [-0.4, -0.2) is 56.3 Å². The third-order valence-corrected chi connectivity index (χ3v) is 9.88. The summed E-state index contributed by atoms with van der Waals surface area (Å²) < 4.78 is -0.737. The lowest BCUT2D eigenvalue weighted by molar-refractivity contribution is -0.139. The number of hydrogen-bond donors (Lipinski definition) is 0. The van der Waals surface area contributed by atoms with E-state index in [-0.39, 0.29) is 17.7 Å². The fourth-order valence-electron chi connectivity index (χ4n) is 6.17. The molecular weight excluding hydrogens is 512 g/mol. The van der Waals surface area contributed by atoms with Crippen molar-refractivity contribution in [2.75, 3.05) is 25.5 Å². The van der Waals surface area contributed by atoms with Crippen LogP contribution in [0.15, 0.2) is 73.1 Å². The summed E-state index contributed by atoms with van der Waals surface area (Å²) in [7, 11) is 3.68. The number of rotatable bonds is 3. The van der Waals surface area contributed by atoms with E-state index >= 15 is 0 Å². The number of likely N-dealkylation sites (N-methyl/N-ethyl adjacent to an activating group) is 2. The van der Waals surface area contributed by atoms with E-state index in [0.717, 1.165) is 22.4 Å². The van der Waals surface area contributed by atoms with Gasteiger partial charge in [0.1, 0.15) is 9.07 Å². The SMILES string of the molecule is CN1C(=O)[C@]2(c3cc(Cl)ccc31)N(C)C[C@@H](c1ccncc1)[C@]21SC(=S)N(Cc2ccccc2)C1=O. The van der Waals surface area contributed by atoms with Crippen molar-refractivity contribution in [1.82, 2.24) is 14.8 Å². The van der Waals surface area contributed by atoms with Crippen LogP contribution in [0.2, 0.25) is 5.02 Å². The highest BCUT2D eigenvalue weighted by atomic mass is 35.5. The van der Waals surface area contributed by atoms with Gasteiger partial charge in [0, 0.05) is 48.2 Å². The molecule has 3 atom stereocenters. The molecule has 0 unspecified atom stereocenters. The number of fused-ring (bicyclic) bond motifs is 3. The Labute approximate surface area is 224 Å². The first-order valence-corrected chi connectivity index (χ1v) is 13.2. The minimum atomic E-state index is -1.27. The van der Waals surface area contributed by atoms with E-state index in [4.69, 9.17) is 23.8 Å². The molecule has 3 aromatic rings. The van der Waals surface area contributed by atoms with Gasteiger partial charge in [-0.05, 0) is 48.5 Å². The number of aromatic nitrogens is 1. The first kappa shape index (κ1) is 23.6. The number of amides is 2. The zero-order valence-electron chi connectivity index (χ0n) is 19.7. The Balaban J connectivity index is 1.60. The summed E-state index contributed by atoms with van der Waals surface area (Å²) >= 11 is 13.7. The molecule has 0 N–H and O–H groups in total. The number of hydrogen-bond acceptors (Lipinski definition) is 6. The predicted molar refractivity (Wildman–Crippen MR) is 146 cm³/mol. The number of thiocarbonyl (C=S) groups is 1. The lowest BCUT2D eigenvalue weighted by Gasteiger charge is -2.42. The summed E-state index contributed by atoms with van der Waals surface area (Å²) in [5.74, 6) is -0.602. The molecule has 6 nitrogen and oxygen atoms in total. The van der Waals surface area contributed by atoms with Crippen molar-refractivity contribution in [2.45, 2.75) is 22.7 Å². The Morgan fingerprint density at radius 2 is 1.78 bits per heavy atom. The standard InChI is InChI=1S/C27H23ClN4O2S2/c1-30-16-21(18-10-12-29-13-11-18)27(24(34)32(25(35)36-27)15-17-6-4-3-5-7-17)26(30)20-14-19(28)8-9-22(20)31(2)23(26)33/h3-14,21H,15-16H2,1-2H3/t21-,26-,27+/m0/s1. The van der Waals surface area contributed by atoms with Crippen LogP contribution in [0.3, 0.4) is 0 Å². The van der Waals surface area contributed by atoms with Gasteiger partial charge < -0.3 is 4.90 Å². The van der Waals surface area contributed by atoms with Crippen LogP contribution in [0.25, 0.3) is 0 Å². The number of carbonyl (C=O) groups is 2. The molecule has 36 heavy (non-hydrogen) atoms. The second kappa shape index (κ2) is 8.38. The summed E-state index contributed by atoms with van der Waals surface area (Å²) in [4.78, 5) is 38.6. The number of carbonyl (C=O) groups excluding carboxylic acids is 2. The summed E-state index contributed by atoms with van der Waals surface area (Å²) in [6.45, 7) is 0.846. The molecule has 0 saturated carbocycles. The molecule has 2 fully saturated rings. The third kappa shape index (κ3) is 2.96. The summed E-state index contributed by atoms with van der Waals surface area (Å²) in [6.07, 6.45) is 3.46. The number of thioether (sulfide) groups is 1. The normalized spacial score (nSPS) is 27.6. The molecular formula is C27H23ClN4O2S2. The number of anilines is 1. The average molecular weight is 535 g/mol. The van der Waals surface area contributed by atoms with Crippen LogP contribution < -0.4 is 4.90 Å². The summed E-state index contributed by atoms with van der Waals surface area (Å²) in [5.41, 5.74) is 2.15. The van der Waals surface area contributed by atoms with Gasteiger partial charge in [-0.2, -0.15) is 0 Å². The first-order chi connectivity index (χ1) is 17.3. The second-order valence-corrected chi connectivity index (χ2v) is 11.7. The van der Waals surface area contributed by atoms with Gasteiger partial charge in [0.25, 0.3) is 5.91 Å². The smallest absolute Gasteiger partial charge is 0.254 e. The lowest BCUT2D eigenvalue weighted by Crippen LogP contribution is -2.62. The van der Waals surface area contributed by atoms with Crippen LogP contribution >= 0.6 is 35.6 Å². The Bertz CT molecular complexity index is 1410. The maximum Gasteiger partial charge on any atom is 0.254 e. The Hall–Kier alpha value is -2.78. The molecule has 9 heteroatoms. The highest BCUT2D eigenvalue weighted by Crippen LogP contribution is 2.66. The molecule has 0 radical (unpaired) electrons. The molecule has 1 aromatic heterocycles. The highest BCUT2D eigenvalue weighted by Gasteiger charge is 2.78.